The molecule has 0 atom stereocenters. The van der Waals surface area contributed by atoms with Gasteiger partial charge in [-0.3, -0.25) is 0 Å². The Labute approximate surface area is 144 Å². The highest BCUT2D eigenvalue weighted by Crippen LogP contribution is 2.22. The zero-order valence-corrected chi connectivity index (χ0v) is 14.3. The van der Waals surface area contributed by atoms with Crippen LogP contribution in [0.3, 0.4) is 0 Å². The van der Waals surface area contributed by atoms with E-state index in [4.69, 9.17) is 15.1 Å². The van der Waals surface area contributed by atoms with E-state index >= 15 is 0 Å². The average molecular weight is 325 g/mol. The third-order valence-corrected chi connectivity index (χ3v) is 4.26. The zero-order valence-electron chi connectivity index (χ0n) is 14.3. The number of hydrogen-bond acceptors (Lipinski definition) is 3. The quantitative estimate of drug-likeness (QED) is 0.577. The molecule has 0 unspecified atom stereocenters. The van der Waals surface area contributed by atoms with Gasteiger partial charge in [-0.25, -0.2) is 0 Å². The van der Waals surface area contributed by atoms with Gasteiger partial charge in [0.05, 0.1) is 18.2 Å². The second-order valence-electron chi connectivity index (χ2n) is 6.24. The van der Waals surface area contributed by atoms with E-state index in [1.165, 1.54) is 32.1 Å². The van der Waals surface area contributed by atoms with Crippen molar-refractivity contribution in [1.29, 1.82) is 5.26 Å². The monoisotopic (exact) mass is 325 g/mol. The fraction of sp³-hybridized carbons (Fsp3) is 0.476. The number of ether oxygens (including phenoxy) is 1. The lowest BCUT2D eigenvalue weighted by Gasteiger charge is -2.07. The van der Waals surface area contributed by atoms with Gasteiger partial charge in [-0.2, -0.15) is 5.26 Å². The Morgan fingerprint density at radius 2 is 1.42 bits per heavy atom. The summed E-state index contributed by atoms with van der Waals surface area (Å²) in [6, 6.07) is 13.9. The zero-order chi connectivity index (χ0) is 17.0. The summed E-state index contributed by atoms with van der Waals surface area (Å²) < 4.78 is 5.84. The lowest BCUT2D eigenvalue weighted by molar-refractivity contribution is 0.282. The maximum atomic E-state index is 8.93. The molecular weight excluding hydrogens is 298 g/mol. The predicted molar refractivity (Wildman–Crippen MR) is 98.2 cm³/mol. The summed E-state index contributed by atoms with van der Waals surface area (Å²) in [5.74, 6) is 0.899. The van der Waals surface area contributed by atoms with Crippen LogP contribution in [0.25, 0.3) is 10.8 Å². The molecule has 0 spiro atoms. The minimum Gasteiger partial charge on any atom is -0.494 e. The Kier molecular flexibility index (Phi) is 8.13. The molecular formula is C21H27NO2. The Bertz CT molecular complexity index is 660. The van der Waals surface area contributed by atoms with Crippen molar-refractivity contribution in [1.82, 2.24) is 0 Å². The Balaban J connectivity index is 1.62. The van der Waals surface area contributed by atoms with Crippen molar-refractivity contribution >= 4 is 10.8 Å². The van der Waals surface area contributed by atoms with Crippen LogP contribution in [0.15, 0.2) is 36.4 Å². The van der Waals surface area contributed by atoms with Crippen LogP contribution in [0.1, 0.15) is 56.9 Å². The Morgan fingerprint density at radius 3 is 2.12 bits per heavy atom. The van der Waals surface area contributed by atoms with Gasteiger partial charge in [0.1, 0.15) is 5.75 Å². The van der Waals surface area contributed by atoms with E-state index in [1.807, 2.05) is 36.4 Å². The third kappa shape index (κ3) is 6.22. The smallest absolute Gasteiger partial charge is 0.119 e. The highest BCUT2D eigenvalue weighted by atomic mass is 16.5. The van der Waals surface area contributed by atoms with Crippen molar-refractivity contribution in [3.8, 4) is 11.8 Å². The SMILES string of the molecule is N#Cc1ccc2cc(OCCCCCCCCCCO)ccc2c1. The van der Waals surface area contributed by atoms with Gasteiger partial charge >= 0.3 is 0 Å². The van der Waals surface area contributed by atoms with Crippen LogP contribution in [-0.4, -0.2) is 18.3 Å². The van der Waals surface area contributed by atoms with Gasteiger partial charge in [0.2, 0.25) is 0 Å². The number of nitriles is 1. The summed E-state index contributed by atoms with van der Waals surface area (Å²) in [4.78, 5) is 0. The van der Waals surface area contributed by atoms with Crippen molar-refractivity contribution in [2.75, 3.05) is 13.2 Å². The number of hydrogen-bond donors (Lipinski definition) is 1. The molecule has 0 aliphatic carbocycles. The minimum atomic E-state index is 0.325. The van der Waals surface area contributed by atoms with E-state index in [0.717, 1.165) is 42.4 Å². The molecule has 2 aromatic rings. The second-order valence-corrected chi connectivity index (χ2v) is 6.24. The molecule has 0 aliphatic heterocycles. The highest BCUT2D eigenvalue weighted by Gasteiger charge is 2.00. The van der Waals surface area contributed by atoms with Crippen LogP contribution in [-0.2, 0) is 0 Å². The number of nitrogens with zero attached hydrogens (tertiary/aromatic N) is 1. The number of aliphatic hydroxyl groups is 1. The molecule has 0 aromatic heterocycles. The van der Waals surface area contributed by atoms with Crippen molar-refractivity contribution in [3.63, 3.8) is 0 Å². The van der Waals surface area contributed by atoms with Crippen LogP contribution in [0.2, 0.25) is 0 Å². The van der Waals surface area contributed by atoms with E-state index < -0.39 is 0 Å². The maximum Gasteiger partial charge on any atom is 0.119 e. The van der Waals surface area contributed by atoms with Crippen molar-refractivity contribution in [2.24, 2.45) is 0 Å². The Morgan fingerprint density at radius 1 is 0.792 bits per heavy atom. The normalized spacial score (nSPS) is 10.7. The van der Waals surface area contributed by atoms with E-state index in [2.05, 4.69) is 6.07 Å². The van der Waals surface area contributed by atoms with Crippen LogP contribution in [0.4, 0.5) is 0 Å². The first-order chi connectivity index (χ1) is 11.8. The van der Waals surface area contributed by atoms with Crippen molar-refractivity contribution in [3.05, 3.63) is 42.0 Å². The van der Waals surface area contributed by atoms with Gasteiger partial charge in [0, 0.05) is 6.61 Å². The molecule has 128 valence electrons. The van der Waals surface area contributed by atoms with Gasteiger partial charge in [0.25, 0.3) is 0 Å². The number of rotatable bonds is 11. The summed E-state index contributed by atoms with van der Waals surface area (Å²) in [5.41, 5.74) is 0.688. The topological polar surface area (TPSA) is 53.2 Å². The molecule has 3 nitrogen and oxygen atoms in total. The first kappa shape index (κ1) is 18.3. The molecule has 0 radical (unpaired) electrons. The number of fused-ring (bicyclic) bond motifs is 1. The largest absolute Gasteiger partial charge is 0.494 e. The fourth-order valence-corrected chi connectivity index (χ4v) is 2.85. The number of unbranched alkanes of at least 4 members (excludes halogenated alkanes) is 7. The molecule has 3 heteroatoms. The highest BCUT2D eigenvalue weighted by molar-refractivity contribution is 5.85. The van der Waals surface area contributed by atoms with Crippen LogP contribution < -0.4 is 4.74 Å². The number of aliphatic hydroxyl groups excluding tert-OH is 1. The summed E-state index contributed by atoms with van der Waals surface area (Å²) in [5, 5.41) is 19.8. The van der Waals surface area contributed by atoms with Crippen LogP contribution in [0, 0.1) is 11.3 Å². The van der Waals surface area contributed by atoms with E-state index in [9.17, 15) is 0 Å². The summed E-state index contributed by atoms with van der Waals surface area (Å²) in [6.45, 7) is 1.08. The summed E-state index contributed by atoms with van der Waals surface area (Å²) in [6.07, 6.45) is 9.44. The average Bonchev–Trinajstić information content (AvgIpc) is 2.62. The second kappa shape index (κ2) is 10.7. The van der Waals surface area contributed by atoms with Crippen LogP contribution >= 0.6 is 0 Å². The lowest BCUT2D eigenvalue weighted by atomic mass is 10.1. The van der Waals surface area contributed by atoms with Gasteiger partial charge in [-0.1, -0.05) is 50.7 Å². The summed E-state index contributed by atoms with van der Waals surface area (Å²) >= 11 is 0. The first-order valence-corrected chi connectivity index (χ1v) is 9.01. The van der Waals surface area contributed by atoms with E-state index in [-0.39, 0.29) is 0 Å². The predicted octanol–water partition coefficient (Wildman–Crippen LogP) is 5.20. The van der Waals surface area contributed by atoms with Crippen molar-refractivity contribution < 1.29 is 9.84 Å². The van der Waals surface area contributed by atoms with E-state index in [1.54, 1.807) is 0 Å². The van der Waals surface area contributed by atoms with Gasteiger partial charge in [-0.05, 0) is 47.9 Å². The van der Waals surface area contributed by atoms with Crippen molar-refractivity contribution in [2.45, 2.75) is 51.4 Å². The molecule has 0 aliphatic rings. The van der Waals surface area contributed by atoms with E-state index in [0.29, 0.717) is 12.2 Å². The maximum absolute atomic E-state index is 8.93. The molecule has 2 aromatic carbocycles. The summed E-state index contributed by atoms with van der Waals surface area (Å²) in [7, 11) is 0. The standard InChI is InChI=1S/C21H27NO2/c22-17-18-9-10-20-16-21(12-11-19(20)15-18)24-14-8-6-4-2-1-3-5-7-13-23/h9-12,15-16,23H,1-8,13-14H2. The molecule has 0 saturated heterocycles. The Hall–Kier alpha value is -2.05. The van der Waals surface area contributed by atoms with Gasteiger partial charge in [-0.15, -0.1) is 0 Å². The van der Waals surface area contributed by atoms with Crippen LogP contribution in [0.5, 0.6) is 5.75 Å². The molecule has 0 bridgehead atoms. The molecule has 2 rings (SSSR count). The molecule has 0 amide bonds. The first-order valence-electron chi connectivity index (χ1n) is 9.01. The molecule has 0 fully saturated rings. The minimum absolute atomic E-state index is 0.325. The molecule has 0 saturated carbocycles. The van der Waals surface area contributed by atoms with Gasteiger partial charge in [0.15, 0.2) is 0 Å². The van der Waals surface area contributed by atoms with Gasteiger partial charge < -0.3 is 9.84 Å². The lowest BCUT2D eigenvalue weighted by Crippen LogP contribution is -1.97. The number of benzene rings is 2. The fourth-order valence-electron chi connectivity index (χ4n) is 2.85. The molecule has 24 heavy (non-hydrogen) atoms. The third-order valence-electron chi connectivity index (χ3n) is 4.26. The molecule has 1 N–H and O–H groups in total. The molecule has 0 heterocycles.